The first-order valence-corrected chi connectivity index (χ1v) is 9.52. The fourth-order valence-corrected chi connectivity index (χ4v) is 3.02. The molecule has 3 aromatic rings. The summed E-state index contributed by atoms with van der Waals surface area (Å²) in [7, 11) is 0. The van der Waals surface area contributed by atoms with Crippen molar-refractivity contribution in [2.24, 2.45) is 0 Å². The first-order chi connectivity index (χ1) is 13.5. The van der Waals surface area contributed by atoms with Crippen molar-refractivity contribution in [3.63, 3.8) is 0 Å². The van der Waals surface area contributed by atoms with E-state index in [1.165, 1.54) is 6.20 Å². The lowest BCUT2D eigenvalue weighted by Gasteiger charge is -2.07. The van der Waals surface area contributed by atoms with Crippen LogP contribution >= 0.6 is 23.2 Å². The van der Waals surface area contributed by atoms with Crippen LogP contribution in [-0.4, -0.2) is 32.3 Å². The smallest absolute Gasteiger partial charge is 0.305 e. The van der Waals surface area contributed by atoms with Crippen LogP contribution in [0.2, 0.25) is 10.0 Å². The number of anilines is 1. The van der Waals surface area contributed by atoms with Gasteiger partial charge in [0.25, 0.3) is 5.56 Å². The maximum Gasteiger partial charge on any atom is 0.305 e. The van der Waals surface area contributed by atoms with E-state index in [2.05, 4.69) is 20.4 Å². The normalized spacial score (nSPS) is 11.0. The molecule has 0 bridgehead atoms. The van der Waals surface area contributed by atoms with E-state index in [1.54, 1.807) is 23.7 Å². The highest BCUT2D eigenvalue weighted by Crippen LogP contribution is 2.22. The van der Waals surface area contributed by atoms with Crippen molar-refractivity contribution in [3.05, 3.63) is 50.4 Å². The molecule has 0 unspecified atom stereocenters. The Bertz CT molecular complexity index is 1050. The molecule has 0 aliphatic carbocycles. The molecule has 0 fully saturated rings. The molecule has 0 saturated heterocycles. The van der Waals surface area contributed by atoms with Gasteiger partial charge in [0.1, 0.15) is 5.52 Å². The van der Waals surface area contributed by atoms with Crippen molar-refractivity contribution >= 4 is 46.2 Å². The second-order valence-electron chi connectivity index (χ2n) is 6.03. The Morgan fingerprint density at radius 3 is 2.89 bits per heavy atom. The van der Waals surface area contributed by atoms with Crippen LogP contribution in [0.5, 0.6) is 0 Å². The number of carbonyl (C=O) groups is 1. The number of aromatic amines is 1. The average molecular weight is 424 g/mol. The van der Waals surface area contributed by atoms with Crippen LogP contribution in [0.4, 0.5) is 5.95 Å². The molecule has 2 N–H and O–H groups in total. The average Bonchev–Trinajstić information content (AvgIpc) is 3.06. The Morgan fingerprint density at radius 1 is 1.32 bits per heavy atom. The number of aromatic nitrogens is 4. The topological polar surface area (TPSA) is 102 Å². The van der Waals surface area contributed by atoms with E-state index < -0.39 is 0 Å². The number of nitrogens with zero attached hydrogens (tertiary/aromatic N) is 3. The fraction of sp³-hybridized carbons (Fsp3) is 0.333. The molecule has 0 amide bonds. The zero-order chi connectivity index (χ0) is 20.1. The maximum atomic E-state index is 12.5. The molecule has 2 heterocycles. The number of H-pyrrole nitrogens is 1. The third kappa shape index (κ3) is 4.82. The molecule has 2 aromatic heterocycles. The van der Waals surface area contributed by atoms with Crippen molar-refractivity contribution in [1.82, 2.24) is 19.7 Å². The van der Waals surface area contributed by atoms with Crippen LogP contribution < -0.4 is 10.9 Å². The highest BCUT2D eigenvalue weighted by molar-refractivity contribution is 6.42. The minimum atomic E-state index is -0.310. The van der Waals surface area contributed by atoms with E-state index in [9.17, 15) is 9.59 Å². The quantitative estimate of drug-likeness (QED) is 0.538. The number of carbonyl (C=O) groups excluding carboxylic acids is 1. The number of fused-ring (bicyclic) bond motifs is 1. The van der Waals surface area contributed by atoms with Gasteiger partial charge in [-0.15, -0.1) is 0 Å². The second kappa shape index (κ2) is 9.07. The van der Waals surface area contributed by atoms with Crippen LogP contribution in [0.25, 0.3) is 11.0 Å². The third-order valence-corrected chi connectivity index (χ3v) is 4.74. The minimum Gasteiger partial charge on any atom is -0.466 e. The summed E-state index contributed by atoms with van der Waals surface area (Å²) < 4.78 is 6.44. The number of hydrogen-bond acceptors (Lipinski definition) is 6. The van der Waals surface area contributed by atoms with Crippen LogP contribution in [0.3, 0.4) is 0 Å². The molecule has 8 nitrogen and oxygen atoms in total. The first-order valence-electron chi connectivity index (χ1n) is 8.77. The summed E-state index contributed by atoms with van der Waals surface area (Å²) in [5.41, 5.74) is 1.42. The summed E-state index contributed by atoms with van der Waals surface area (Å²) in [6, 6.07) is 5.29. The highest BCUT2D eigenvalue weighted by atomic mass is 35.5. The van der Waals surface area contributed by atoms with Crippen molar-refractivity contribution < 1.29 is 9.53 Å². The molecule has 28 heavy (non-hydrogen) atoms. The Kier molecular flexibility index (Phi) is 6.53. The SMILES string of the molecule is CCOC(=O)CCCn1ncc2nc(NCc3ccc(Cl)c(Cl)c3)[nH]c(=O)c21. The Hall–Kier alpha value is -2.58. The van der Waals surface area contributed by atoms with Gasteiger partial charge in [-0.05, 0) is 31.0 Å². The van der Waals surface area contributed by atoms with Gasteiger partial charge >= 0.3 is 5.97 Å². The molecule has 1 aromatic carbocycles. The Morgan fingerprint density at radius 2 is 2.14 bits per heavy atom. The summed E-state index contributed by atoms with van der Waals surface area (Å²) >= 11 is 11.9. The molecule has 148 valence electrons. The summed E-state index contributed by atoms with van der Waals surface area (Å²) in [5.74, 6) is 0.0643. The van der Waals surface area contributed by atoms with Gasteiger partial charge in [0.05, 0.1) is 22.8 Å². The molecular weight excluding hydrogens is 405 g/mol. The number of aryl methyl sites for hydroxylation is 1. The number of rotatable bonds is 8. The molecule has 0 aliphatic rings. The van der Waals surface area contributed by atoms with E-state index in [4.69, 9.17) is 27.9 Å². The first kappa shape index (κ1) is 20.2. The fourth-order valence-electron chi connectivity index (χ4n) is 2.70. The molecule has 0 aliphatic heterocycles. The highest BCUT2D eigenvalue weighted by Gasteiger charge is 2.11. The lowest BCUT2D eigenvalue weighted by Crippen LogP contribution is -2.16. The molecular formula is C18H19Cl2N5O3. The summed E-state index contributed by atoms with van der Waals surface area (Å²) in [6.45, 7) is 2.95. The molecule has 0 saturated carbocycles. The van der Waals surface area contributed by atoms with E-state index in [1.807, 2.05) is 6.07 Å². The van der Waals surface area contributed by atoms with Crippen molar-refractivity contribution in [1.29, 1.82) is 0 Å². The van der Waals surface area contributed by atoms with Gasteiger partial charge in [0.2, 0.25) is 5.95 Å². The summed E-state index contributed by atoms with van der Waals surface area (Å²) in [4.78, 5) is 31.0. The minimum absolute atomic E-state index is 0.264. The van der Waals surface area contributed by atoms with Gasteiger partial charge < -0.3 is 10.1 Å². The van der Waals surface area contributed by atoms with Crippen LogP contribution in [0.15, 0.2) is 29.2 Å². The van der Waals surface area contributed by atoms with E-state index >= 15 is 0 Å². The van der Waals surface area contributed by atoms with Gasteiger partial charge in [-0.3, -0.25) is 19.3 Å². The van der Waals surface area contributed by atoms with Crippen LogP contribution in [-0.2, 0) is 22.6 Å². The number of esters is 1. The van der Waals surface area contributed by atoms with Gasteiger partial charge in [-0.2, -0.15) is 5.10 Å². The molecule has 0 spiro atoms. The Balaban J connectivity index is 1.68. The lowest BCUT2D eigenvalue weighted by molar-refractivity contribution is -0.143. The van der Waals surface area contributed by atoms with E-state index in [0.717, 1.165) is 5.56 Å². The largest absolute Gasteiger partial charge is 0.466 e. The zero-order valence-corrected chi connectivity index (χ0v) is 16.7. The standard InChI is InChI=1S/C18H19Cl2N5O3/c1-2-28-15(26)4-3-7-25-16-14(10-22-25)23-18(24-17(16)27)21-9-11-5-6-12(19)13(20)8-11/h5-6,8,10H,2-4,7,9H2,1H3,(H2,21,23,24,27). The van der Waals surface area contributed by atoms with E-state index in [0.29, 0.717) is 53.1 Å². The number of halogens is 2. The van der Waals surface area contributed by atoms with Gasteiger partial charge in [0, 0.05) is 19.5 Å². The summed E-state index contributed by atoms with van der Waals surface area (Å²) in [5, 5.41) is 8.20. The molecule has 0 atom stereocenters. The Labute approximate surface area is 170 Å². The predicted octanol–water partition coefficient (Wildman–Crippen LogP) is 3.38. The van der Waals surface area contributed by atoms with E-state index in [-0.39, 0.29) is 17.9 Å². The molecule has 0 radical (unpaired) electrons. The third-order valence-electron chi connectivity index (χ3n) is 4.00. The molecule has 3 rings (SSSR count). The monoisotopic (exact) mass is 423 g/mol. The second-order valence-corrected chi connectivity index (χ2v) is 6.84. The van der Waals surface area contributed by atoms with Crippen molar-refractivity contribution in [2.45, 2.75) is 32.9 Å². The van der Waals surface area contributed by atoms with Crippen molar-refractivity contribution in [2.75, 3.05) is 11.9 Å². The summed E-state index contributed by atoms with van der Waals surface area (Å²) in [6.07, 6.45) is 2.31. The molecule has 10 heteroatoms. The number of nitrogens with one attached hydrogen (secondary N) is 2. The lowest BCUT2D eigenvalue weighted by atomic mass is 10.2. The van der Waals surface area contributed by atoms with Gasteiger partial charge in [0.15, 0.2) is 5.52 Å². The predicted molar refractivity (Wildman–Crippen MR) is 108 cm³/mol. The van der Waals surface area contributed by atoms with Gasteiger partial charge in [-0.1, -0.05) is 29.3 Å². The maximum absolute atomic E-state index is 12.5. The number of benzene rings is 1. The van der Waals surface area contributed by atoms with Crippen LogP contribution in [0.1, 0.15) is 25.3 Å². The number of hydrogen-bond donors (Lipinski definition) is 2. The zero-order valence-electron chi connectivity index (χ0n) is 15.2. The van der Waals surface area contributed by atoms with Crippen LogP contribution in [0, 0.1) is 0 Å². The van der Waals surface area contributed by atoms with Gasteiger partial charge in [-0.25, -0.2) is 4.98 Å². The number of ether oxygens (including phenoxy) is 1. The van der Waals surface area contributed by atoms with Crippen molar-refractivity contribution in [3.8, 4) is 0 Å².